The number of benzene rings is 1. The number of nitrogens with one attached hydrogen (secondary N) is 1. The molecule has 0 unspecified atom stereocenters. The number of anilines is 1. The molecule has 0 fully saturated rings. The van der Waals surface area contributed by atoms with Crippen LogP contribution in [0.25, 0.3) is 0 Å². The normalized spacial score (nSPS) is 10.2. The summed E-state index contributed by atoms with van der Waals surface area (Å²) in [5, 5.41) is 5.15. The number of carbonyl (C=O) groups is 1. The van der Waals surface area contributed by atoms with Crippen LogP contribution in [0.5, 0.6) is 0 Å². The van der Waals surface area contributed by atoms with Gasteiger partial charge in [0.15, 0.2) is 0 Å². The van der Waals surface area contributed by atoms with Gasteiger partial charge >= 0.3 is 0 Å². The van der Waals surface area contributed by atoms with Crippen molar-refractivity contribution in [1.82, 2.24) is 5.32 Å². The third-order valence-electron chi connectivity index (χ3n) is 2.24. The average molecular weight is 267 g/mol. The average Bonchev–Trinajstić information content (AvgIpc) is 2.78. The van der Waals surface area contributed by atoms with Gasteiger partial charge in [0.2, 0.25) is 0 Å². The molecule has 3 nitrogen and oxygen atoms in total. The van der Waals surface area contributed by atoms with Crippen molar-refractivity contribution in [3.05, 3.63) is 51.2 Å². The molecule has 3 N–H and O–H groups in total. The van der Waals surface area contributed by atoms with Crippen LogP contribution in [0.3, 0.4) is 0 Å². The molecule has 2 rings (SSSR count). The lowest BCUT2D eigenvalue weighted by molar-refractivity contribution is 0.0951. The van der Waals surface area contributed by atoms with Gasteiger partial charge in [-0.2, -0.15) is 0 Å². The van der Waals surface area contributed by atoms with E-state index in [1.165, 1.54) is 0 Å². The molecule has 0 aliphatic heterocycles. The maximum Gasteiger partial charge on any atom is 0.253 e. The van der Waals surface area contributed by atoms with Gasteiger partial charge in [0.25, 0.3) is 5.91 Å². The highest BCUT2D eigenvalue weighted by atomic mass is 35.5. The van der Waals surface area contributed by atoms with Crippen LogP contribution in [-0.2, 0) is 6.54 Å². The number of hydrogen-bond acceptors (Lipinski definition) is 3. The van der Waals surface area contributed by atoms with E-state index >= 15 is 0 Å². The molecule has 88 valence electrons. The number of thiophene rings is 1. The number of rotatable bonds is 3. The van der Waals surface area contributed by atoms with Crippen molar-refractivity contribution >= 4 is 34.5 Å². The molecule has 0 spiro atoms. The highest BCUT2D eigenvalue weighted by molar-refractivity contribution is 7.09. The maximum atomic E-state index is 11.8. The zero-order valence-corrected chi connectivity index (χ0v) is 10.5. The van der Waals surface area contributed by atoms with E-state index in [1.54, 1.807) is 29.5 Å². The maximum absolute atomic E-state index is 11.8. The van der Waals surface area contributed by atoms with Gasteiger partial charge in [-0.25, -0.2) is 0 Å². The first kappa shape index (κ1) is 12.0. The first-order chi connectivity index (χ1) is 8.16. The Hall–Kier alpha value is -1.52. The standard InChI is InChI=1S/C12H11ClN2OS/c13-11-6-8(14)3-4-10(11)12(16)15-7-9-2-1-5-17-9/h1-6H,7,14H2,(H,15,16). The van der Waals surface area contributed by atoms with Crippen molar-refractivity contribution in [3.8, 4) is 0 Å². The van der Waals surface area contributed by atoms with E-state index in [4.69, 9.17) is 17.3 Å². The van der Waals surface area contributed by atoms with Gasteiger partial charge in [-0.1, -0.05) is 17.7 Å². The molecule has 1 amide bonds. The van der Waals surface area contributed by atoms with Gasteiger partial charge in [0.1, 0.15) is 0 Å². The van der Waals surface area contributed by atoms with Crippen LogP contribution in [0.2, 0.25) is 5.02 Å². The van der Waals surface area contributed by atoms with Crippen LogP contribution >= 0.6 is 22.9 Å². The fourth-order valence-electron chi connectivity index (χ4n) is 1.39. The molecule has 1 heterocycles. The SMILES string of the molecule is Nc1ccc(C(=O)NCc2cccs2)c(Cl)c1. The van der Waals surface area contributed by atoms with Crippen LogP contribution in [0, 0.1) is 0 Å². The second kappa shape index (κ2) is 5.21. The number of halogens is 1. The van der Waals surface area contributed by atoms with Gasteiger partial charge in [-0.3, -0.25) is 4.79 Å². The number of nitrogens with two attached hydrogens (primary N) is 1. The second-order valence-electron chi connectivity index (χ2n) is 3.50. The van der Waals surface area contributed by atoms with Crippen LogP contribution in [0.15, 0.2) is 35.7 Å². The Labute approximate surface area is 108 Å². The smallest absolute Gasteiger partial charge is 0.253 e. The van der Waals surface area contributed by atoms with Crippen LogP contribution in [-0.4, -0.2) is 5.91 Å². The molecule has 17 heavy (non-hydrogen) atoms. The highest BCUT2D eigenvalue weighted by Crippen LogP contribution is 2.19. The van der Waals surface area contributed by atoms with E-state index < -0.39 is 0 Å². The summed E-state index contributed by atoms with van der Waals surface area (Å²) < 4.78 is 0. The number of carbonyl (C=O) groups excluding carboxylic acids is 1. The Morgan fingerprint density at radius 1 is 1.41 bits per heavy atom. The number of hydrogen-bond donors (Lipinski definition) is 2. The Morgan fingerprint density at radius 3 is 2.88 bits per heavy atom. The van der Waals surface area contributed by atoms with Crippen molar-refractivity contribution in [3.63, 3.8) is 0 Å². The third kappa shape index (κ3) is 2.99. The summed E-state index contributed by atoms with van der Waals surface area (Å²) in [4.78, 5) is 12.9. The molecule has 1 aromatic carbocycles. The minimum absolute atomic E-state index is 0.191. The van der Waals surface area contributed by atoms with Gasteiger partial charge in [-0.05, 0) is 29.6 Å². The molecule has 5 heteroatoms. The van der Waals surface area contributed by atoms with Crippen LogP contribution in [0.1, 0.15) is 15.2 Å². The van der Waals surface area contributed by atoms with E-state index in [-0.39, 0.29) is 5.91 Å². The lowest BCUT2D eigenvalue weighted by Crippen LogP contribution is -2.22. The molecule has 0 bridgehead atoms. The summed E-state index contributed by atoms with van der Waals surface area (Å²) in [6.45, 7) is 0.511. The van der Waals surface area contributed by atoms with E-state index in [9.17, 15) is 4.79 Å². The lowest BCUT2D eigenvalue weighted by atomic mass is 10.2. The molecule has 0 aliphatic rings. The van der Waals surface area contributed by atoms with Gasteiger partial charge in [0, 0.05) is 10.6 Å². The summed E-state index contributed by atoms with van der Waals surface area (Å²) in [6.07, 6.45) is 0. The predicted octanol–water partition coefficient (Wildman–Crippen LogP) is 2.91. The summed E-state index contributed by atoms with van der Waals surface area (Å²) in [5.74, 6) is -0.191. The minimum atomic E-state index is -0.191. The molecule has 2 aromatic rings. The molecule has 0 saturated heterocycles. The van der Waals surface area contributed by atoms with Gasteiger partial charge in [-0.15, -0.1) is 11.3 Å². The number of amides is 1. The van der Waals surface area contributed by atoms with E-state index in [2.05, 4.69) is 5.32 Å². The molecule has 0 atom stereocenters. The van der Waals surface area contributed by atoms with E-state index in [1.807, 2.05) is 17.5 Å². The first-order valence-corrected chi connectivity index (χ1v) is 6.28. The second-order valence-corrected chi connectivity index (χ2v) is 4.94. The van der Waals surface area contributed by atoms with Crippen LogP contribution in [0.4, 0.5) is 5.69 Å². The zero-order chi connectivity index (χ0) is 12.3. The van der Waals surface area contributed by atoms with Crippen molar-refractivity contribution in [2.75, 3.05) is 5.73 Å². The summed E-state index contributed by atoms with van der Waals surface area (Å²) in [6, 6.07) is 8.77. The topological polar surface area (TPSA) is 55.1 Å². The van der Waals surface area contributed by atoms with Crippen LogP contribution < -0.4 is 11.1 Å². The lowest BCUT2D eigenvalue weighted by Gasteiger charge is -2.06. The largest absolute Gasteiger partial charge is 0.399 e. The van der Waals surface area contributed by atoms with E-state index in [0.29, 0.717) is 22.8 Å². The Morgan fingerprint density at radius 2 is 2.24 bits per heavy atom. The predicted molar refractivity (Wildman–Crippen MR) is 71.4 cm³/mol. The Balaban J connectivity index is 2.04. The molecule has 0 radical (unpaired) electrons. The third-order valence-corrected chi connectivity index (χ3v) is 3.43. The van der Waals surface area contributed by atoms with Crippen molar-refractivity contribution < 1.29 is 4.79 Å². The molecular formula is C12H11ClN2OS. The molecule has 0 saturated carbocycles. The highest BCUT2D eigenvalue weighted by Gasteiger charge is 2.10. The van der Waals surface area contributed by atoms with Gasteiger partial charge in [0.05, 0.1) is 17.1 Å². The first-order valence-electron chi connectivity index (χ1n) is 5.02. The molecule has 0 aliphatic carbocycles. The fraction of sp³-hybridized carbons (Fsp3) is 0.0833. The summed E-state index contributed by atoms with van der Waals surface area (Å²) >= 11 is 7.55. The van der Waals surface area contributed by atoms with Crippen molar-refractivity contribution in [2.45, 2.75) is 6.54 Å². The Bertz CT molecular complexity index is 525. The zero-order valence-electron chi connectivity index (χ0n) is 8.94. The number of nitrogen functional groups attached to an aromatic ring is 1. The Kier molecular flexibility index (Phi) is 3.66. The minimum Gasteiger partial charge on any atom is -0.399 e. The summed E-state index contributed by atoms with van der Waals surface area (Å²) in [7, 11) is 0. The molecule has 1 aromatic heterocycles. The van der Waals surface area contributed by atoms with Crippen molar-refractivity contribution in [1.29, 1.82) is 0 Å². The molecular weight excluding hydrogens is 256 g/mol. The summed E-state index contributed by atoms with van der Waals surface area (Å²) in [5.41, 5.74) is 6.55. The van der Waals surface area contributed by atoms with Gasteiger partial charge < -0.3 is 11.1 Å². The quantitative estimate of drug-likeness (QED) is 0.840. The van der Waals surface area contributed by atoms with Crippen molar-refractivity contribution in [2.24, 2.45) is 0 Å². The monoisotopic (exact) mass is 266 g/mol. The fourth-order valence-corrected chi connectivity index (χ4v) is 2.31. The van der Waals surface area contributed by atoms with E-state index in [0.717, 1.165) is 4.88 Å².